The minimum Gasteiger partial charge on any atom is -0.383 e. The van der Waals surface area contributed by atoms with Gasteiger partial charge in [-0.3, -0.25) is 4.79 Å². The van der Waals surface area contributed by atoms with Gasteiger partial charge < -0.3 is 10.6 Å². The first-order valence-corrected chi connectivity index (χ1v) is 5.75. The Morgan fingerprint density at radius 3 is 2.58 bits per heavy atom. The third-order valence-electron chi connectivity index (χ3n) is 2.84. The smallest absolute Gasteiger partial charge is 0.261 e. The van der Waals surface area contributed by atoms with Crippen LogP contribution in [0.3, 0.4) is 0 Å². The van der Waals surface area contributed by atoms with Crippen molar-refractivity contribution in [3.8, 4) is 0 Å². The molecule has 0 bridgehead atoms. The van der Waals surface area contributed by atoms with Crippen LogP contribution in [-0.4, -0.2) is 17.9 Å². The molecule has 0 aliphatic rings. The van der Waals surface area contributed by atoms with Crippen molar-refractivity contribution in [2.75, 3.05) is 17.7 Å². The molecule has 0 atom stereocenters. The molecule has 98 valence electrons. The lowest BCUT2D eigenvalue weighted by Crippen LogP contribution is -2.27. The van der Waals surface area contributed by atoms with Crippen LogP contribution >= 0.6 is 0 Å². The van der Waals surface area contributed by atoms with Crippen LogP contribution in [0.1, 0.15) is 15.9 Å². The summed E-state index contributed by atoms with van der Waals surface area (Å²) >= 11 is 0. The standard InChI is InChI=1S/C14H14FN3O/c1-9-3-5-11(6-4-9)18(2)14(19)12-7-10(15)8-17-13(12)16/h3-8H,1-2H3,(H2,16,17). The predicted molar refractivity (Wildman–Crippen MR) is 72.5 cm³/mol. The highest BCUT2D eigenvalue weighted by atomic mass is 19.1. The molecule has 19 heavy (non-hydrogen) atoms. The molecule has 0 aliphatic heterocycles. The Labute approximate surface area is 110 Å². The van der Waals surface area contributed by atoms with E-state index in [1.165, 1.54) is 4.90 Å². The highest BCUT2D eigenvalue weighted by Crippen LogP contribution is 2.18. The summed E-state index contributed by atoms with van der Waals surface area (Å²) in [5.74, 6) is -0.964. The number of carbonyl (C=O) groups excluding carboxylic acids is 1. The maximum absolute atomic E-state index is 13.1. The van der Waals surface area contributed by atoms with E-state index in [0.29, 0.717) is 5.69 Å². The zero-order chi connectivity index (χ0) is 14.0. The van der Waals surface area contributed by atoms with Crippen molar-refractivity contribution >= 4 is 17.4 Å². The van der Waals surface area contributed by atoms with Crippen LogP contribution in [0.25, 0.3) is 0 Å². The fraction of sp³-hybridized carbons (Fsp3) is 0.143. The number of nitrogens with two attached hydrogens (primary N) is 1. The maximum Gasteiger partial charge on any atom is 0.261 e. The first kappa shape index (κ1) is 13.0. The van der Waals surface area contributed by atoms with Crippen LogP contribution in [0.5, 0.6) is 0 Å². The summed E-state index contributed by atoms with van der Waals surface area (Å²) in [7, 11) is 1.61. The summed E-state index contributed by atoms with van der Waals surface area (Å²) in [4.78, 5) is 17.3. The number of hydrogen-bond acceptors (Lipinski definition) is 3. The highest BCUT2D eigenvalue weighted by Gasteiger charge is 2.17. The molecule has 2 aromatic rings. The molecule has 4 nitrogen and oxygen atoms in total. The summed E-state index contributed by atoms with van der Waals surface area (Å²) in [6.45, 7) is 1.96. The molecule has 0 fully saturated rings. The lowest BCUT2D eigenvalue weighted by atomic mass is 10.2. The number of pyridine rings is 1. The van der Waals surface area contributed by atoms with Crippen molar-refractivity contribution in [1.29, 1.82) is 0 Å². The minimum atomic E-state index is -0.588. The largest absolute Gasteiger partial charge is 0.383 e. The van der Waals surface area contributed by atoms with Crippen LogP contribution in [0.15, 0.2) is 36.5 Å². The molecule has 0 saturated heterocycles. The summed E-state index contributed by atoms with van der Waals surface area (Å²) in [6, 6.07) is 8.51. The van der Waals surface area contributed by atoms with E-state index in [-0.39, 0.29) is 11.4 Å². The molecule has 1 heterocycles. The van der Waals surface area contributed by atoms with Gasteiger partial charge in [0.25, 0.3) is 5.91 Å². The van der Waals surface area contributed by atoms with Crippen LogP contribution in [0.2, 0.25) is 0 Å². The molecule has 2 rings (SSSR count). The molecule has 0 saturated carbocycles. The van der Waals surface area contributed by atoms with Gasteiger partial charge in [0.05, 0.1) is 11.8 Å². The van der Waals surface area contributed by atoms with E-state index >= 15 is 0 Å². The normalized spacial score (nSPS) is 10.3. The topological polar surface area (TPSA) is 59.2 Å². The Morgan fingerprint density at radius 1 is 1.32 bits per heavy atom. The lowest BCUT2D eigenvalue weighted by Gasteiger charge is -2.18. The van der Waals surface area contributed by atoms with Crippen molar-refractivity contribution < 1.29 is 9.18 Å². The van der Waals surface area contributed by atoms with E-state index in [1.54, 1.807) is 7.05 Å². The van der Waals surface area contributed by atoms with Crippen LogP contribution in [-0.2, 0) is 0 Å². The SMILES string of the molecule is Cc1ccc(N(C)C(=O)c2cc(F)cnc2N)cc1. The van der Waals surface area contributed by atoms with Gasteiger partial charge in [-0.1, -0.05) is 17.7 Å². The highest BCUT2D eigenvalue weighted by molar-refractivity contribution is 6.08. The Balaban J connectivity index is 2.33. The maximum atomic E-state index is 13.1. The van der Waals surface area contributed by atoms with Gasteiger partial charge in [0, 0.05) is 12.7 Å². The Morgan fingerprint density at radius 2 is 1.95 bits per heavy atom. The molecule has 0 radical (unpaired) electrons. The van der Waals surface area contributed by atoms with Gasteiger partial charge in [0.1, 0.15) is 11.6 Å². The number of nitrogen functional groups attached to an aromatic ring is 1. The van der Waals surface area contributed by atoms with Gasteiger partial charge >= 0.3 is 0 Å². The second-order valence-corrected chi connectivity index (χ2v) is 4.29. The molecule has 1 aromatic heterocycles. The molecule has 0 aliphatic carbocycles. The second-order valence-electron chi connectivity index (χ2n) is 4.29. The number of rotatable bonds is 2. The van der Waals surface area contributed by atoms with E-state index in [1.807, 2.05) is 31.2 Å². The van der Waals surface area contributed by atoms with Gasteiger partial charge in [-0.25, -0.2) is 9.37 Å². The number of aromatic nitrogens is 1. The third-order valence-corrected chi connectivity index (χ3v) is 2.84. The van der Waals surface area contributed by atoms with Gasteiger partial charge in [-0.05, 0) is 25.1 Å². The Bertz CT molecular complexity index is 611. The lowest BCUT2D eigenvalue weighted by molar-refractivity contribution is 0.0993. The molecule has 5 heteroatoms. The Kier molecular flexibility index (Phi) is 3.46. The first-order valence-electron chi connectivity index (χ1n) is 5.75. The quantitative estimate of drug-likeness (QED) is 0.900. The number of benzene rings is 1. The van der Waals surface area contributed by atoms with Gasteiger partial charge in [-0.15, -0.1) is 0 Å². The molecular weight excluding hydrogens is 245 g/mol. The first-order chi connectivity index (χ1) is 8.99. The summed E-state index contributed by atoms with van der Waals surface area (Å²) < 4.78 is 13.1. The number of amides is 1. The van der Waals surface area contributed by atoms with Crippen molar-refractivity contribution in [2.24, 2.45) is 0 Å². The zero-order valence-corrected chi connectivity index (χ0v) is 10.7. The summed E-state index contributed by atoms with van der Waals surface area (Å²) in [5, 5.41) is 0. The van der Waals surface area contributed by atoms with Crippen molar-refractivity contribution in [3.05, 3.63) is 53.5 Å². The number of nitrogens with zero attached hydrogens (tertiary/aromatic N) is 2. The van der Waals surface area contributed by atoms with Crippen LogP contribution < -0.4 is 10.6 Å². The molecule has 1 amide bonds. The van der Waals surface area contributed by atoms with Gasteiger partial charge in [0.2, 0.25) is 0 Å². The molecule has 1 aromatic carbocycles. The molecule has 0 unspecified atom stereocenters. The molecule has 2 N–H and O–H groups in total. The minimum absolute atomic E-state index is 0.0189. The third kappa shape index (κ3) is 2.70. The number of anilines is 2. The van der Waals surface area contributed by atoms with Crippen LogP contribution in [0.4, 0.5) is 15.9 Å². The number of hydrogen-bond donors (Lipinski definition) is 1. The van der Waals surface area contributed by atoms with E-state index in [2.05, 4.69) is 4.98 Å². The van der Waals surface area contributed by atoms with Crippen LogP contribution in [0, 0.1) is 12.7 Å². The van der Waals surface area contributed by atoms with Crippen molar-refractivity contribution in [2.45, 2.75) is 6.92 Å². The summed E-state index contributed by atoms with van der Waals surface area (Å²) in [6.07, 6.45) is 0.984. The number of aryl methyl sites for hydroxylation is 1. The monoisotopic (exact) mass is 259 g/mol. The van der Waals surface area contributed by atoms with E-state index in [9.17, 15) is 9.18 Å². The average molecular weight is 259 g/mol. The molecular formula is C14H14FN3O. The fourth-order valence-corrected chi connectivity index (χ4v) is 1.69. The number of halogens is 1. The van der Waals surface area contributed by atoms with Gasteiger partial charge in [0.15, 0.2) is 0 Å². The molecule has 0 spiro atoms. The van der Waals surface area contributed by atoms with Gasteiger partial charge in [-0.2, -0.15) is 0 Å². The van der Waals surface area contributed by atoms with E-state index in [0.717, 1.165) is 17.8 Å². The average Bonchev–Trinajstić information content (AvgIpc) is 2.41. The van der Waals surface area contributed by atoms with E-state index < -0.39 is 11.7 Å². The predicted octanol–water partition coefficient (Wildman–Crippen LogP) is 2.39. The van der Waals surface area contributed by atoms with Crippen molar-refractivity contribution in [3.63, 3.8) is 0 Å². The summed E-state index contributed by atoms with van der Waals surface area (Å²) in [5.41, 5.74) is 7.47. The second kappa shape index (κ2) is 5.06. The van der Waals surface area contributed by atoms with E-state index in [4.69, 9.17) is 5.73 Å². The Hall–Kier alpha value is -2.43. The fourth-order valence-electron chi connectivity index (χ4n) is 1.69. The zero-order valence-electron chi connectivity index (χ0n) is 10.7. The van der Waals surface area contributed by atoms with Crippen molar-refractivity contribution in [1.82, 2.24) is 4.98 Å². The number of carbonyl (C=O) groups is 1.